The molecule has 0 atom stereocenters. The summed E-state index contributed by atoms with van der Waals surface area (Å²) >= 11 is 0. The molecule has 0 unspecified atom stereocenters. The van der Waals surface area contributed by atoms with Crippen LogP contribution in [0.3, 0.4) is 0 Å². The molecule has 2 nitrogen and oxygen atoms in total. The maximum absolute atomic E-state index is 13.1. The van der Waals surface area contributed by atoms with Crippen molar-refractivity contribution in [2.75, 3.05) is 0 Å². The van der Waals surface area contributed by atoms with Crippen LogP contribution in [0.15, 0.2) is 24.4 Å². The molecule has 12 heavy (non-hydrogen) atoms. The fourth-order valence-corrected chi connectivity index (χ4v) is 1.36. The highest BCUT2D eigenvalue weighted by Gasteiger charge is 2.04. The van der Waals surface area contributed by atoms with E-state index in [0.717, 1.165) is 10.9 Å². The van der Waals surface area contributed by atoms with Crippen LogP contribution in [-0.2, 0) is 6.54 Å². The summed E-state index contributed by atoms with van der Waals surface area (Å²) in [5.41, 5.74) is 6.99. The molecule has 2 aromatic rings. The quantitative estimate of drug-likeness (QED) is 0.662. The highest BCUT2D eigenvalue weighted by molar-refractivity contribution is 5.83. The van der Waals surface area contributed by atoms with Gasteiger partial charge in [0.05, 0.1) is 5.52 Å². The van der Waals surface area contributed by atoms with Crippen molar-refractivity contribution in [1.82, 2.24) is 4.98 Å². The van der Waals surface area contributed by atoms with E-state index >= 15 is 0 Å². The number of H-pyrrole nitrogens is 1. The Balaban J connectivity index is 2.82. The van der Waals surface area contributed by atoms with Crippen LogP contribution in [0.1, 0.15) is 5.56 Å². The fraction of sp³-hybridized carbons (Fsp3) is 0.111. The molecular weight excluding hydrogens is 155 g/mol. The Morgan fingerprint density at radius 3 is 2.92 bits per heavy atom. The first-order chi connectivity index (χ1) is 5.83. The smallest absolute Gasteiger partial charge is 0.147 e. The third-order valence-electron chi connectivity index (χ3n) is 1.98. The van der Waals surface area contributed by atoms with Gasteiger partial charge in [-0.25, -0.2) is 4.39 Å². The standard InChI is InChI=1S/C9H9FN2/c10-8-2-1-6(5-11)7-3-4-12-9(7)8/h1-4,12H,5,11H2. The normalized spacial score (nSPS) is 10.8. The average Bonchev–Trinajstić information content (AvgIpc) is 2.54. The number of aromatic nitrogens is 1. The summed E-state index contributed by atoms with van der Waals surface area (Å²) in [6.45, 7) is 0.439. The molecule has 1 aromatic heterocycles. The van der Waals surface area contributed by atoms with Gasteiger partial charge in [0.2, 0.25) is 0 Å². The van der Waals surface area contributed by atoms with Crippen LogP contribution >= 0.6 is 0 Å². The van der Waals surface area contributed by atoms with Crippen LogP contribution in [0.25, 0.3) is 10.9 Å². The molecule has 1 heterocycles. The number of fused-ring (bicyclic) bond motifs is 1. The zero-order chi connectivity index (χ0) is 8.55. The maximum atomic E-state index is 13.1. The fourth-order valence-electron chi connectivity index (χ4n) is 1.36. The second-order valence-corrected chi connectivity index (χ2v) is 2.68. The predicted octanol–water partition coefficient (Wildman–Crippen LogP) is 1.77. The van der Waals surface area contributed by atoms with E-state index in [1.165, 1.54) is 6.07 Å². The van der Waals surface area contributed by atoms with Gasteiger partial charge in [0.15, 0.2) is 0 Å². The van der Waals surface area contributed by atoms with Crippen molar-refractivity contribution in [3.63, 3.8) is 0 Å². The summed E-state index contributed by atoms with van der Waals surface area (Å²) in [4.78, 5) is 2.83. The summed E-state index contributed by atoms with van der Waals surface area (Å²) in [5.74, 6) is -0.229. The summed E-state index contributed by atoms with van der Waals surface area (Å²) in [6, 6.07) is 4.98. The molecule has 3 heteroatoms. The average molecular weight is 164 g/mol. The minimum atomic E-state index is -0.229. The Kier molecular flexibility index (Phi) is 1.59. The SMILES string of the molecule is NCc1ccc(F)c2[nH]ccc12. The molecule has 62 valence electrons. The van der Waals surface area contributed by atoms with Crippen molar-refractivity contribution in [2.45, 2.75) is 6.54 Å². The first kappa shape index (κ1) is 7.31. The lowest BCUT2D eigenvalue weighted by Gasteiger charge is -1.99. The second kappa shape index (κ2) is 2.60. The Bertz CT molecular complexity index is 406. The van der Waals surface area contributed by atoms with Crippen molar-refractivity contribution < 1.29 is 4.39 Å². The lowest BCUT2D eigenvalue weighted by atomic mass is 10.1. The predicted molar refractivity (Wildman–Crippen MR) is 46.1 cm³/mol. The van der Waals surface area contributed by atoms with Gasteiger partial charge in [0, 0.05) is 18.1 Å². The Labute approximate surface area is 69.2 Å². The monoisotopic (exact) mass is 164 g/mol. The zero-order valence-corrected chi connectivity index (χ0v) is 6.47. The van der Waals surface area contributed by atoms with E-state index in [0.29, 0.717) is 12.1 Å². The van der Waals surface area contributed by atoms with E-state index in [2.05, 4.69) is 4.98 Å². The van der Waals surface area contributed by atoms with Gasteiger partial charge in [-0.3, -0.25) is 0 Å². The summed E-state index contributed by atoms with van der Waals surface area (Å²) in [5, 5.41) is 0.873. The van der Waals surface area contributed by atoms with Crippen molar-refractivity contribution in [3.05, 3.63) is 35.8 Å². The number of aromatic amines is 1. The van der Waals surface area contributed by atoms with Gasteiger partial charge < -0.3 is 10.7 Å². The van der Waals surface area contributed by atoms with Crippen LogP contribution < -0.4 is 5.73 Å². The third kappa shape index (κ3) is 0.905. The lowest BCUT2D eigenvalue weighted by Crippen LogP contribution is -1.96. The summed E-state index contributed by atoms with van der Waals surface area (Å²) < 4.78 is 13.1. The van der Waals surface area contributed by atoms with E-state index in [-0.39, 0.29) is 5.82 Å². The minimum absolute atomic E-state index is 0.229. The van der Waals surface area contributed by atoms with Crippen LogP contribution in [0.4, 0.5) is 4.39 Å². The molecule has 0 fully saturated rings. The number of nitrogens with two attached hydrogens (primary N) is 1. The number of benzene rings is 1. The van der Waals surface area contributed by atoms with Crippen molar-refractivity contribution >= 4 is 10.9 Å². The van der Waals surface area contributed by atoms with Crippen LogP contribution in [0.5, 0.6) is 0 Å². The van der Waals surface area contributed by atoms with Crippen LogP contribution in [-0.4, -0.2) is 4.98 Å². The second-order valence-electron chi connectivity index (χ2n) is 2.68. The van der Waals surface area contributed by atoms with Crippen molar-refractivity contribution in [3.8, 4) is 0 Å². The van der Waals surface area contributed by atoms with Crippen LogP contribution in [0, 0.1) is 5.82 Å². The van der Waals surface area contributed by atoms with E-state index in [1.54, 1.807) is 12.3 Å². The van der Waals surface area contributed by atoms with Gasteiger partial charge >= 0.3 is 0 Å². The van der Waals surface area contributed by atoms with Gasteiger partial charge in [0.1, 0.15) is 5.82 Å². The molecule has 0 saturated carbocycles. The molecule has 2 rings (SSSR count). The Hall–Kier alpha value is -1.35. The number of hydrogen-bond acceptors (Lipinski definition) is 1. The highest BCUT2D eigenvalue weighted by Crippen LogP contribution is 2.19. The largest absolute Gasteiger partial charge is 0.359 e. The van der Waals surface area contributed by atoms with Gasteiger partial charge in [-0.1, -0.05) is 6.07 Å². The van der Waals surface area contributed by atoms with E-state index < -0.39 is 0 Å². The molecule has 0 radical (unpaired) electrons. The first-order valence-corrected chi connectivity index (χ1v) is 3.77. The molecule has 0 saturated heterocycles. The Morgan fingerprint density at radius 1 is 1.33 bits per heavy atom. The van der Waals surface area contributed by atoms with Gasteiger partial charge in [-0.15, -0.1) is 0 Å². The zero-order valence-electron chi connectivity index (χ0n) is 6.47. The topological polar surface area (TPSA) is 41.8 Å². The van der Waals surface area contributed by atoms with Crippen LogP contribution in [0.2, 0.25) is 0 Å². The van der Waals surface area contributed by atoms with Crippen molar-refractivity contribution in [1.29, 1.82) is 0 Å². The highest BCUT2D eigenvalue weighted by atomic mass is 19.1. The minimum Gasteiger partial charge on any atom is -0.359 e. The molecule has 0 bridgehead atoms. The van der Waals surface area contributed by atoms with E-state index in [1.807, 2.05) is 6.07 Å². The van der Waals surface area contributed by atoms with Gasteiger partial charge in [-0.05, 0) is 17.7 Å². The summed E-state index contributed by atoms with van der Waals surface area (Å²) in [7, 11) is 0. The number of halogens is 1. The number of rotatable bonds is 1. The summed E-state index contributed by atoms with van der Waals surface area (Å²) in [6.07, 6.45) is 1.72. The molecule has 0 aliphatic rings. The molecule has 3 N–H and O–H groups in total. The lowest BCUT2D eigenvalue weighted by molar-refractivity contribution is 0.637. The molecule has 0 spiro atoms. The van der Waals surface area contributed by atoms with E-state index in [9.17, 15) is 4.39 Å². The first-order valence-electron chi connectivity index (χ1n) is 3.77. The molecule has 1 aromatic carbocycles. The van der Waals surface area contributed by atoms with Gasteiger partial charge in [-0.2, -0.15) is 0 Å². The Morgan fingerprint density at radius 2 is 2.17 bits per heavy atom. The maximum Gasteiger partial charge on any atom is 0.147 e. The number of hydrogen-bond donors (Lipinski definition) is 2. The van der Waals surface area contributed by atoms with Gasteiger partial charge in [0.25, 0.3) is 0 Å². The molecular formula is C9H9FN2. The van der Waals surface area contributed by atoms with Crippen molar-refractivity contribution in [2.24, 2.45) is 5.73 Å². The third-order valence-corrected chi connectivity index (χ3v) is 1.98. The molecule has 0 aliphatic carbocycles. The van der Waals surface area contributed by atoms with E-state index in [4.69, 9.17) is 5.73 Å². The number of nitrogens with one attached hydrogen (secondary N) is 1. The molecule has 0 amide bonds. The molecule has 0 aliphatic heterocycles.